The van der Waals surface area contributed by atoms with Crippen LogP contribution in [0.4, 0.5) is 4.39 Å². The van der Waals surface area contributed by atoms with Gasteiger partial charge < -0.3 is 47.5 Å². The van der Waals surface area contributed by atoms with E-state index in [9.17, 15) is 9.18 Å². The van der Waals surface area contributed by atoms with Gasteiger partial charge in [-0.15, -0.1) is 11.3 Å². The Bertz CT molecular complexity index is 3030. The zero-order chi connectivity index (χ0) is 52.1. The van der Waals surface area contributed by atoms with Crippen LogP contribution < -0.4 is 23.7 Å². The summed E-state index contributed by atoms with van der Waals surface area (Å²) in [6.07, 6.45) is 1.41. The predicted molar refractivity (Wildman–Crippen MR) is 284 cm³/mol. The van der Waals surface area contributed by atoms with Gasteiger partial charge in [0.1, 0.15) is 65.9 Å². The molecule has 394 valence electrons. The number of thiophene rings is 1. The van der Waals surface area contributed by atoms with Gasteiger partial charge in [-0.05, 0) is 92.2 Å². The highest BCUT2D eigenvalue weighted by Gasteiger charge is 2.31. The topological polar surface area (TPSA) is 158 Å². The van der Waals surface area contributed by atoms with Crippen molar-refractivity contribution in [2.24, 2.45) is 0 Å². The minimum Gasteiger partial charge on any atom is -0.490 e. The number of hydrogen-bond donors (Lipinski definition) is 0. The maximum Gasteiger partial charge on any atom is 0.347 e. The highest BCUT2D eigenvalue weighted by Crippen LogP contribution is 2.50. The van der Waals surface area contributed by atoms with Crippen molar-refractivity contribution in [2.75, 3.05) is 99.7 Å². The van der Waals surface area contributed by atoms with Gasteiger partial charge in [0, 0.05) is 68.5 Å². The second kappa shape index (κ2) is 25.8. The molecule has 3 aromatic heterocycles. The summed E-state index contributed by atoms with van der Waals surface area (Å²) >= 11 is 8.71. The minimum absolute atomic E-state index is 0.00811. The van der Waals surface area contributed by atoms with Crippen LogP contribution in [0.15, 0.2) is 97.5 Å². The SMILES string of the molecule is CCOC(=O)[C@H]1Cc2cc(ccc2OCc2ccnc(-c3ccccc3OCCOCCOCCOC)n2)OC[C@@H](CN2CCN(C)CC2)Oc2ccc(c(C)c2Cl)-c2c(-c3ccc(F)cc3)sc3ncnc(c23)O1. The quantitative estimate of drug-likeness (QED) is 0.0557. The normalized spacial score (nSPS) is 16.2. The second-order valence-corrected chi connectivity index (χ2v) is 19.3. The summed E-state index contributed by atoms with van der Waals surface area (Å²) in [4.78, 5) is 39.0. The number of ether oxygens (including phenoxy) is 9. The number of fused-ring (bicyclic) bond motifs is 7. The van der Waals surface area contributed by atoms with Crippen molar-refractivity contribution in [3.8, 4) is 61.8 Å². The van der Waals surface area contributed by atoms with Gasteiger partial charge in [-0.25, -0.2) is 29.1 Å². The summed E-state index contributed by atoms with van der Waals surface area (Å²) in [6.45, 7) is 10.8. The lowest BCUT2D eigenvalue weighted by molar-refractivity contribution is -0.151. The first-order chi connectivity index (χ1) is 36.6. The summed E-state index contributed by atoms with van der Waals surface area (Å²) < 4.78 is 69.2. The molecule has 6 heterocycles. The fourth-order valence-corrected chi connectivity index (χ4v) is 10.2. The molecule has 0 spiro atoms. The molecule has 7 aromatic rings. The van der Waals surface area contributed by atoms with Crippen molar-refractivity contribution in [1.29, 1.82) is 0 Å². The zero-order valence-corrected chi connectivity index (χ0v) is 44.0. The molecule has 0 N–H and O–H groups in total. The summed E-state index contributed by atoms with van der Waals surface area (Å²) in [5.74, 6) is 1.70. The number of methoxy groups -OCH3 is 1. The number of piperazine rings is 1. The molecule has 4 bridgehead atoms. The lowest BCUT2D eigenvalue weighted by Crippen LogP contribution is -2.49. The van der Waals surface area contributed by atoms with Gasteiger partial charge in [0.05, 0.1) is 61.3 Å². The van der Waals surface area contributed by atoms with Crippen LogP contribution in [-0.2, 0) is 36.8 Å². The molecule has 0 aliphatic carbocycles. The van der Waals surface area contributed by atoms with Gasteiger partial charge >= 0.3 is 5.97 Å². The molecule has 10 rings (SSSR count). The van der Waals surface area contributed by atoms with Crippen molar-refractivity contribution in [1.82, 2.24) is 29.7 Å². The van der Waals surface area contributed by atoms with E-state index >= 15 is 0 Å². The number of nitrogens with zero attached hydrogens (tertiary/aromatic N) is 6. The van der Waals surface area contributed by atoms with Crippen molar-refractivity contribution in [3.05, 3.63) is 125 Å². The van der Waals surface area contributed by atoms with E-state index in [1.165, 1.54) is 29.8 Å². The molecular formula is C56H60ClFN6O10S. The predicted octanol–water partition coefficient (Wildman–Crippen LogP) is 9.16. The third kappa shape index (κ3) is 13.5. The molecule has 2 atom stereocenters. The van der Waals surface area contributed by atoms with Gasteiger partial charge in [-0.2, -0.15) is 0 Å². The Morgan fingerprint density at radius 3 is 2.44 bits per heavy atom. The van der Waals surface area contributed by atoms with Gasteiger partial charge in [0.15, 0.2) is 5.82 Å². The molecule has 3 aliphatic rings. The number of esters is 1. The number of rotatable bonds is 19. The number of likely N-dealkylation sites (N-methyl/N-ethyl adjacent to an activating group) is 1. The van der Waals surface area contributed by atoms with Crippen LogP contribution >= 0.6 is 22.9 Å². The summed E-state index contributed by atoms with van der Waals surface area (Å²) in [6, 6.07) is 24.9. The highest BCUT2D eigenvalue weighted by molar-refractivity contribution is 7.22. The second-order valence-electron chi connectivity index (χ2n) is 17.9. The Balaban J connectivity index is 1.05. The average molecular weight is 1060 g/mol. The number of carbonyl (C=O) groups is 1. The van der Waals surface area contributed by atoms with Crippen molar-refractivity contribution < 1.29 is 51.8 Å². The van der Waals surface area contributed by atoms with Crippen LogP contribution in [0.3, 0.4) is 0 Å². The molecule has 0 unspecified atom stereocenters. The first-order valence-electron chi connectivity index (χ1n) is 25.0. The smallest absolute Gasteiger partial charge is 0.347 e. The molecule has 3 aliphatic heterocycles. The Hall–Kier alpha value is -6.51. The van der Waals surface area contributed by atoms with Crippen LogP contribution in [0, 0.1) is 12.7 Å². The van der Waals surface area contributed by atoms with E-state index in [1.54, 1.807) is 38.4 Å². The van der Waals surface area contributed by atoms with Crippen molar-refractivity contribution in [2.45, 2.75) is 39.1 Å². The lowest BCUT2D eigenvalue weighted by atomic mass is 9.96. The highest BCUT2D eigenvalue weighted by atomic mass is 35.5. The maximum absolute atomic E-state index is 14.4. The Morgan fingerprint density at radius 2 is 1.64 bits per heavy atom. The standard InChI is InChI=1S/C56H60ClFN6O10S/c1-5-69-56(65)48-31-38-30-41(14-16-45(38)72-33-40-18-19-59-53(62-40)44-8-6-7-9-46(44)70-29-28-68-27-26-67-25-24-66-4)71-34-42(32-64-22-20-63(3)21-23-64)73-47-17-15-43(36(2)51(47)57)49-50-54(74-48)60-35-61-55(50)75-52(49)37-10-12-39(58)13-11-37/h6-19,30,35,42,48H,5,20-29,31-34H2,1-4H3/t42-,48-/m1/s1. The van der Waals surface area contributed by atoms with Gasteiger partial charge in [0.25, 0.3) is 0 Å². The average Bonchev–Trinajstić information content (AvgIpc) is 3.86. The summed E-state index contributed by atoms with van der Waals surface area (Å²) in [5.41, 5.74) is 4.84. The van der Waals surface area contributed by atoms with Crippen molar-refractivity contribution in [3.63, 3.8) is 0 Å². The van der Waals surface area contributed by atoms with Crippen molar-refractivity contribution >= 4 is 39.1 Å². The van der Waals surface area contributed by atoms with Crippen LogP contribution in [0.1, 0.15) is 23.7 Å². The van der Waals surface area contributed by atoms with Gasteiger partial charge in [-0.1, -0.05) is 41.9 Å². The van der Waals surface area contributed by atoms with E-state index in [0.29, 0.717) is 113 Å². The van der Waals surface area contributed by atoms with E-state index in [1.807, 2.05) is 61.5 Å². The van der Waals surface area contributed by atoms with E-state index in [0.717, 1.165) is 47.7 Å². The number of halogens is 2. The van der Waals surface area contributed by atoms with Gasteiger partial charge in [-0.3, -0.25) is 4.90 Å². The molecule has 0 saturated carbocycles. The Morgan fingerprint density at radius 1 is 0.853 bits per heavy atom. The number of hydrogen-bond acceptors (Lipinski definition) is 17. The molecule has 16 nitrogen and oxygen atoms in total. The van der Waals surface area contributed by atoms with Gasteiger partial charge in [0.2, 0.25) is 12.0 Å². The molecular weight excluding hydrogens is 1000 g/mol. The molecule has 0 amide bonds. The zero-order valence-electron chi connectivity index (χ0n) is 42.4. The fourth-order valence-electron chi connectivity index (χ4n) is 8.79. The Kier molecular flexibility index (Phi) is 18.4. The molecule has 1 saturated heterocycles. The first kappa shape index (κ1) is 53.3. The number of carbonyl (C=O) groups excluding carboxylic acids is 1. The molecule has 1 fully saturated rings. The number of aromatic nitrogens is 4. The number of benzene rings is 4. The largest absolute Gasteiger partial charge is 0.490 e. The van der Waals surface area contributed by atoms with E-state index < -0.39 is 18.2 Å². The van der Waals surface area contributed by atoms with Crippen LogP contribution in [-0.4, -0.2) is 148 Å². The van der Waals surface area contributed by atoms with Crippen LogP contribution in [0.25, 0.3) is 43.2 Å². The maximum atomic E-state index is 14.4. The van der Waals surface area contributed by atoms with Crippen LogP contribution in [0.2, 0.25) is 5.02 Å². The summed E-state index contributed by atoms with van der Waals surface area (Å²) in [5, 5.41) is 0.970. The van der Waals surface area contributed by atoms with Crippen LogP contribution in [0.5, 0.6) is 28.9 Å². The van der Waals surface area contributed by atoms with E-state index in [4.69, 9.17) is 59.2 Å². The van der Waals surface area contributed by atoms with E-state index in [-0.39, 0.29) is 37.9 Å². The summed E-state index contributed by atoms with van der Waals surface area (Å²) in [7, 11) is 3.75. The minimum atomic E-state index is -1.22. The number of para-hydroxylation sites is 1. The monoisotopic (exact) mass is 1060 g/mol. The fraction of sp³-hybridized carbons (Fsp3) is 0.375. The molecule has 4 aromatic carbocycles. The third-order valence-corrected chi connectivity index (χ3v) is 14.3. The lowest BCUT2D eigenvalue weighted by Gasteiger charge is -2.34. The first-order valence-corrected chi connectivity index (χ1v) is 26.2. The van der Waals surface area contributed by atoms with E-state index in [2.05, 4.69) is 31.8 Å². The third-order valence-electron chi connectivity index (χ3n) is 12.7. The molecule has 0 radical (unpaired) electrons. The molecule has 75 heavy (non-hydrogen) atoms. The Labute approximate surface area is 444 Å². The molecule has 19 heteroatoms.